The van der Waals surface area contributed by atoms with Gasteiger partial charge in [0.2, 0.25) is 5.43 Å². The highest BCUT2D eigenvalue weighted by Crippen LogP contribution is 2.40. The Hall–Kier alpha value is -5.15. The molecule has 2 fully saturated rings. The minimum Gasteiger partial charge on any atom is -0.477 e. The van der Waals surface area contributed by atoms with Crippen molar-refractivity contribution in [2.24, 2.45) is 5.16 Å². The molecule has 4 N–H and O–H groups in total. The van der Waals surface area contributed by atoms with Gasteiger partial charge in [0.15, 0.2) is 16.7 Å². The molecular weight excluding hydrogens is 734 g/mol. The number of piperazine rings is 1. The van der Waals surface area contributed by atoms with Crippen LogP contribution in [0.15, 0.2) is 38.9 Å². The molecule has 2 amide bonds. The number of oxime groups is 1. The molecule has 21 heteroatoms. The van der Waals surface area contributed by atoms with Crippen LogP contribution in [0.5, 0.6) is 0 Å². The number of benzene rings is 1. The van der Waals surface area contributed by atoms with Gasteiger partial charge >= 0.3 is 11.9 Å². The summed E-state index contributed by atoms with van der Waals surface area (Å²) in [5.41, 5.74) is 2.53. The molecule has 16 nitrogen and oxygen atoms in total. The van der Waals surface area contributed by atoms with Crippen molar-refractivity contribution in [2.75, 3.05) is 70.0 Å². The van der Waals surface area contributed by atoms with E-state index in [1.54, 1.807) is 0 Å². The average molecular weight is 765 g/mol. The highest BCUT2D eigenvalue weighted by molar-refractivity contribution is 8.00. The van der Waals surface area contributed by atoms with Crippen LogP contribution in [0.4, 0.5) is 24.0 Å². The van der Waals surface area contributed by atoms with Crippen LogP contribution in [0.2, 0.25) is 0 Å². The summed E-state index contributed by atoms with van der Waals surface area (Å²) in [6.07, 6.45) is 0.923. The van der Waals surface area contributed by atoms with Gasteiger partial charge in [-0.25, -0.2) is 27.7 Å². The van der Waals surface area contributed by atoms with Crippen molar-refractivity contribution in [1.29, 1.82) is 0 Å². The number of β-lactam (4-membered cyclic amide) rings is 1. The lowest BCUT2D eigenvalue weighted by atomic mass is 10.0. The van der Waals surface area contributed by atoms with Crippen LogP contribution < -0.4 is 21.4 Å². The smallest absolute Gasteiger partial charge is 0.352 e. The number of anilines is 2. The summed E-state index contributed by atoms with van der Waals surface area (Å²) in [5.74, 6) is -6.54. The number of nitrogens with two attached hydrogens (primary N) is 1. The summed E-state index contributed by atoms with van der Waals surface area (Å²) in [6, 6.07) is -0.345. The second kappa shape index (κ2) is 14.8. The standard InChI is InChI=1S/C31H31F3N8O8S2/c1-39-5-7-40(8-6-39)24-17(33)9-15-23(19(24)34)41(4-3-32)10-16(25(15)43)30(48)50-11-14-12-51-28-21(27(45)42(28)22(14)29(46)47)37-26(44)20(38-49-2)18-13-52-31(35)36-18/h9-10,13,21,28H,3-8,11-12H2,1-2H3,(H2,35,36)(H,37,44)(H,46,47)/b38-20+/t21-,28?/m1/s1. The number of amides is 2. The Morgan fingerprint density at radius 2 is 1.92 bits per heavy atom. The van der Waals surface area contributed by atoms with Crippen LogP contribution in [0.1, 0.15) is 16.1 Å². The van der Waals surface area contributed by atoms with E-state index in [-0.39, 0.29) is 39.1 Å². The number of thiazole rings is 1. The molecule has 0 aliphatic carbocycles. The minimum atomic E-state index is -1.52. The van der Waals surface area contributed by atoms with E-state index in [0.29, 0.717) is 26.2 Å². The normalized spacial score (nSPS) is 19.4. The third-order valence-corrected chi connectivity index (χ3v) is 10.7. The number of aliphatic carboxylic acids is 1. The molecule has 1 unspecified atom stereocenters. The summed E-state index contributed by atoms with van der Waals surface area (Å²) in [5, 5.41) is 16.5. The summed E-state index contributed by atoms with van der Waals surface area (Å²) in [4.78, 5) is 78.4. The number of nitrogens with one attached hydrogen (secondary N) is 1. The van der Waals surface area contributed by atoms with E-state index in [2.05, 4.69) is 15.5 Å². The number of carboxylic acids is 1. The number of carbonyl (C=O) groups excluding carboxylic acids is 3. The van der Waals surface area contributed by atoms with Crippen molar-refractivity contribution < 1.29 is 47.0 Å². The number of ether oxygens (including phenoxy) is 1. The fraction of sp³-hybridized carbons (Fsp3) is 0.387. The number of alkyl halides is 1. The fourth-order valence-electron chi connectivity index (χ4n) is 6.14. The molecule has 276 valence electrons. The maximum Gasteiger partial charge on any atom is 0.352 e. The molecule has 3 aliphatic rings. The largest absolute Gasteiger partial charge is 0.477 e. The molecule has 0 bridgehead atoms. The number of hydrogen-bond acceptors (Lipinski definition) is 14. The summed E-state index contributed by atoms with van der Waals surface area (Å²) >= 11 is 2.12. The molecule has 2 saturated heterocycles. The van der Waals surface area contributed by atoms with Crippen LogP contribution in [0, 0.1) is 11.6 Å². The minimum absolute atomic E-state index is 0.00131. The van der Waals surface area contributed by atoms with Gasteiger partial charge < -0.3 is 40.1 Å². The van der Waals surface area contributed by atoms with Gasteiger partial charge in [-0.05, 0) is 13.1 Å². The van der Waals surface area contributed by atoms with Gasteiger partial charge in [-0.1, -0.05) is 5.16 Å². The van der Waals surface area contributed by atoms with E-state index in [0.717, 1.165) is 44.8 Å². The number of nitrogen functional groups attached to an aromatic ring is 1. The number of halogens is 3. The first-order valence-electron chi connectivity index (χ1n) is 15.6. The number of hydrogen-bond donors (Lipinski definition) is 3. The van der Waals surface area contributed by atoms with Gasteiger partial charge in [-0.15, -0.1) is 23.1 Å². The molecule has 0 radical (unpaired) electrons. The van der Waals surface area contributed by atoms with Crippen LogP contribution in [0.3, 0.4) is 0 Å². The molecule has 3 aliphatic heterocycles. The van der Waals surface area contributed by atoms with E-state index < -0.39 is 88.7 Å². The zero-order valence-corrected chi connectivity index (χ0v) is 29.2. The van der Waals surface area contributed by atoms with Gasteiger partial charge in [-0.3, -0.25) is 19.3 Å². The number of nitrogens with zero attached hydrogens (tertiary/aromatic N) is 6. The Labute approximate surface area is 300 Å². The van der Waals surface area contributed by atoms with Gasteiger partial charge in [0.1, 0.15) is 60.3 Å². The molecule has 2 atom stereocenters. The number of fused-ring (bicyclic) bond motifs is 2. The van der Waals surface area contributed by atoms with Crippen molar-refractivity contribution in [3.63, 3.8) is 0 Å². The van der Waals surface area contributed by atoms with Crippen molar-refractivity contribution >= 4 is 74.3 Å². The van der Waals surface area contributed by atoms with E-state index in [1.807, 2.05) is 11.9 Å². The Morgan fingerprint density at radius 3 is 2.56 bits per heavy atom. The van der Waals surface area contributed by atoms with Gasteiger partial charge in [0.05, 0.1) is 17.4 Å². The molecule has 3 aromatic rings. The zero-order valence-electron chi connectivity index (χ0n) is 27.6. The summed E-state index contributed by atoms with van der Waals surface area (Å²) in [7, 11) is 3.08. The van der Waals surface area contributed by atoms with Crippen molar-refractivity contribution in [1.82, 2.24) is 24.7 Å². The maximum absolute atomic E-state index is 15.9. The molecule has 1 aromatic carbocycles. The Balaban J connectivity index is 1.22. The van der Waals surface area contributed by atoms with E-state index >= 15 is 8.78 Å². The third kappa shape index (κ3) is 6.65. The maximum atomic E-state index is 15.9. The molecule has 0 saturated carbocycles. The quantitative estimate of drug-likeness (QED) is 0.108. The molecule has 2 aromatic heterocycles. The van der Waals surface area contributed by atoms with Crippen molar-refractivity contribution in [3.05, 3.63) is 62.0 Å². The summed E-state index contributed by atoms with van der Waals surface area (Å²) < 4.78 is 51.3. The van der Waals surface area contributed by atoms with Crippen molar-refractivity contribution in [3.8, 4) is 0 Å². The highest BCUT2D eigenvalue weighted by atomic mass is 32.2. The fourth-order valence-corrected chi connectivity index (χ4v) is 8.01. The van der Waals surface area contributed by atoms with E-state index in [4.69, 9.17) is 15.3 Å². The van der Waals surface area contributed by atoms with Crippen LogP contribution in [-0.2, 0) is 30.5 Å². The number of pyridine rings is 1. The second-order valence-electron chi connectivity index (χ2n) is 11.8. The highest BCUT2D eigenvalue weighted by Gasteiger charge is 2.54. The molecular formula is C31H31F3N8O8S2. The van der Waals surface area contributed by atoms with Crippen LogP contribution in [-0.4, -0.2) is 125 Å². The Morgan fingerprint density at radius 1 is 1.19 bits per heavy atom. The number of esters is 1. The van der Waals surface area contributed by atoms with E-state index in [1.165, 1.54) is 17.4 Å². The van der Waals surface area contributed by atoms with Crippen LogP contribution in [0.25, 0.3) is 10.9 Å². The predicted octanol–water partition coefficient (Wildman–Crippen LogP) is 0.986. The van der Waals surface area contributed by atoms with Gasteiger partial charge in [0.25, 0.3) is 11.8 Å². The average Bonchev–Trinajstić information content (AvgIpc) is 3.55. The molecule has 0 spiro atoms. The molecule has 52 heavy (non-hydrogen) atoms. The lowest BCUT2D eigenvalue weighted by Crippen LogP contribution is -2.71. The Bertz CT molecular complexity index is 2100. The number of rotatable bonds is 11. The van der Waals surface area contributed by atoms with E-state index in [9.17, 15) is 33.5 Å². The molecule has 5 heterocycles. The second-order valence-corrected chi connectivity index (χ2v) is 13.8. The number of aryl methyl sites for hydroxylation is 1. The third-order valence-electron chi connectivity index (χ3n) is 8.67. The monoisotopic (exact) mass is 764 g/mol. The predicted molar refractivity (Wildman–Crippen MR) is 184 cm³/mol. The van der Waals surface area contributed by atoms with Gasteiger partial charge in [-0.2, -0.15) is 0 Å². The lowest BCUT2D eigenvalue weighted by Gasteiger charge is -2.49. The number of carbonyl (C=O) groups is 4. The number of aromatic nitrogens is 2. The lowest BCUT2D eigenvalue weighted by molar-refractivity contribution is -0.150. The number of thioether (sulfide) groups is 1. The first kappa shape index (κ1) is 36.6. The first-order valence-corrected chi connectivity index (χ1v) is 17.5. The zero-order chi connectivity index (χ0) is 37.4. The SMILES string of the molecule is CO/N=C(/C(=O)N[C@@H]1C(=O)N2C(C(=O)O)=C(COC(=O)c3cn(CCF)c4c(F)c(N5CCN(C)CC5)c(F)cc4c3=O)CSC12)c1csc(N)n1. The van der Waals surface area contributed by atoms with Gasteiger partial charge in [0, 0.05) is 49.1 Å². The molecule has 6 rings (SSSR count). The number of carboxylic acid groups (broad SMARTS) is 1. The van der Waals surface area contributed by atoms with Crippen molar-refractivity contribution in [2.45, 2.75) is 18.0 Å². The topological polar surface area (TPSA) is 202 Å². The Kier molecular flexibility index (Phi) is 10.5. The van der Waals surface area contributed by atoms with Crippen LogP contribution >= 0.6 is 23.1 Å². The first-order chi connectivity index (χ1) is 24.9. The number of likely N-dealkylation sites (N-methyl/N-ethyl adjacent to an activating group) is 1. The summed E-state index contributed by atoms with van der Waals surface area (Å²) in [6.45, 7) is -0.459.